The number of ether oxygens (including phenoxy) is 2. The number of hydrogen-bond acceptors (Lipinski definition) is 4. The number of nitrogens with two attached hydrogens (primary N) is 1. The van der Waals surface area contributed by atoms with E-state index in [1.807, 2.05) is 31.2 Å². The minimum absolute atomic E-state index is 0.115. The van der Waals surface area contributed by atoms with Crippen molar-refractivity contribution >= 4 is 11.9 Å². The van der Waals surface area contributed by atoms with E-state index in [4.69, 9.17) is 20.2 Å². The van der Waals surface area contributed by atoms with Gasteiger partial charge >= 0.3 is 0 Å². The molecule has 0 aromatic heterocycles. The van der Waals surface area contributed by atoms with Gasteiger partial charge in [-0.25, -0.2) is 4.99 Å². The highest BCUT2D eigenvalue weighted by Gasteiger charge is 2.05. The van der Waals surface area contributed by atoms with Crippen molar-refractivity contribution in [2.45, 2.75) is 40.2 Å². The number of rotatable bonds is 12. The molecule has 0 fully saturated rings. The highest BCUT2D eigenvalue weighted by Crippen LogP contribution is 2.21. The van der Waals surface area contributed by atoms with Gasteiger partial charge in [0, 0.05) is 18.7 Å². The minimum Gasteiger partial charge on any atom is -0.493 e. The molecule has 0 heterocycles. The van der Waals surface area contributed by atoms with Crippen molar-refractivity contribution in [3.63, 3.8) is 0 Å². The largest absolute Gasteiger partial charge is 0.493 e. The van der Waals surface area contributed by atoms with E-state index >= 15 is 0 Å². The molecule has 0 saturated heterocycles. The molecule has 0 aliphatic heterocycles. The Morgan fingerprint density at radius 3 is 2.52 bits per heavy atom. The smallest absolute Gasteiger partial charge is 0.255 e. The molecule has 31 heavy (non-hydrogen) atoms. The van der Waals surface area contributed by atoms with Crippen LogP contribution in [0.3, 0.4) is 0 Å². The van der Waals surface area contributed by atoms with Gasteiger partial charge in [0.15, 0.2) is 12.6 Å². The Morgan fingerprint density at radius 1 is 1.06 bits per heavy atom. The van der Waals surface area contributed by atoms with E-state index in [2.05, 4.69) is 42.7 Å². The Hall–Kier alpha value is -3.22. The van der Waals surface area contributed by atoms with Crippen LogP contribution in [-0.4, -0.2) is 38.2 Å². The number of nitrogens with zero attached hydrogens (tertiary/aromatic N) is 1. The lowest BCUT2D eigenvalue weighted by Gasteiger charge is -2.13. The van der Waals surface area contributed by atoms with E-state index in [1.54, 1.807) is 0 Å². The third-order valence-electron chi connectivity index (χ3n) is 4.45. The molecule has 2 aromatic carbocycles. The van der Waals surface area contributed by atoms with Crippen LogP contribution >= 0.6 is 0 Å². The monoisotopic (exact) mass is 426 g/mol. The van der Waals surface area contributed by atoms with Gasteiger partial charge in [-0.15, -0.1) is 0 Å². The molecule has 1 amide bonds. The molecule has 7 heteroatoms. The predicted octanol–water partition coefficient (Wildman–Crippen LogP) is 2.95. The normalized spacial score (nSPS) is 11.1. The molecule has 168 valence electrons. The van der Waals surface area contributed by atoms with E-state index in [0.717, 1.165) is 48.8 Å². The quantitative estimate of drug-likeness (QED) is 0.358. The maximum Gasteiger partial charge on any atom is 0.255 e. The fraction of sp³-hybridized carbons (Fsp3) is 0.417. The van der Waals surface area contributed by atoms with Gasteiger partial charge in [-0.2, -0.15) is 0 Å². The van der Waals surface area contributed by atoms with Gasteiger partial charge in [-0.1, -0.05) is 31.2 Å². The van der Waals surface area contributed by atoms with Crippen LogP contribution < -0.4 is 25.8 Å². The first kappa shape index (κ1) is 24.1. The highest BCUT2D eigenvalue weighted by atomic mass is 16.5. The number of nitrogens with one attached hydrogen (secondary N) is 2. The Kier molecular flexibility index (Phi) is 10.2. The number of carbonyl (C=O) groups excluding carboxylic acids is 1. The van der Waals surface area contributed by atoms with Crippen molar-refractivity contribution in [3.8, 4) is 11.5 Å². The fourth-order valence-electron chi connectivity index (χ4n) is 2.88. The molecule has 0 bridgehead atoms. The number of guanidine groups is 1. The van der Waals surface area contributed by atoms with Gasteiger partial charge in [-0.3, -0.25) is 4.79 Å². The Bertz CT molecular complexity index is 850. The summed E-state index contributed by atoms with van der Waals surface area (Å²) in [5, 5.41) is 6.66. The molecule has 0 aliphatic carbocycles. The second kappa shape index (κ2) is 13.2. The van der Waals surface area contributed by atoms with Crippen molar-refractivity contribution in [1.29, 1.82) is 0 Å². The van der Waals surface area contributed by atoms with Gasteiger partial charge in [0.1, 0.15) is 11.5 Å². The summed E-state index contributed by atoms with van der Waals surface area (Å²) in [6, 6.07) is 13.9. The summed E-state index contributed by atoms with van der Waals surface area (Å²) >= 11 is 0. The summed E-state index contributed by atoms with van der Waals surface area (Å²) in [5.41, 5.74) is 8.49. The summed E-state index contributed by atoms with van der Waals surface area (Å²) in [5.74, 6) is 1.81. The topological polar surface area (TPSA) is 98.0 Å². The van der Waals surface area contributed by atoms with E-state index in [0.29, 0.717) is 18.9 Å². The first-order chi connectivity index (χ1) is 15.0. The zero-order valence-corrected chi connectivity index (χ0v) is 18.7. The number of amides is 1. The van der Waals surface area contributed by atoms with Gasteiger partial charge in [-0.05, 0) is 56.0 Å². The lowest BCUT2D eigenvalue weighted by molar-refractivity contribution is -0.119. The summed E-state index contributed by atoms with van der Waals surface area (Å²) < 4.78 is 11.2. The molecular weight excluding hydrogens is 392 g/mol. The van der Waals surface area contributed by atoms with Gasteiger partial charge in [0.05, 0.1) is 13.2 Å². The second-order valence-corrected chi connectivity index (χ2v) is 7.23. The van der Waals surface area contributed by atoms with E-state index in [9.17, 15) is 4.79 Å². The number of benzene rings is 2. The lowest BCUT2D eigenvalue weighted by Crippen LogP contribution is -2.38. The third kappa shape index (κ3) is 8.99. The molecule has 0 saturated carbocycles. The standard InChI is InChI=1S/C24H34N4O3/c1-4-14-30-22-15-18(3)6-9-20(22)16-28-24(26-5-2)27-13-12-19-7-10-21(11-8-19)31-17-23(25)29/h6-11,15H,4-5,12-14,16-17H2,1-3H3,(H2,25,29)(H2,26,27,28). The number of primary amides is 1. The number of carbonyl (C=O) groups is 1. The third-order valence-corrected chi connectivity index (χ3v) is 4.45. The summed E-state index contributed by atoms with van der Waals surface area (Å²) in [6.07, 6.45) is 1.80. The summed E-state index contributed by atoms with van der Waals surface area (Å²) in [6.45, 7) is 8.85. The van der Waals surface area contributed by atoms with Crippen molar-refractivity contribution in [3.05, 3.63) is 59.2 Å². The van der Waals surface area contributed by atoms with Crippen molar-refractivity contribution in [2.24, 2.45) is 10.7 Å². The van der Waals surface area contributed by atoms with Gasteiger partial charge < -0.3 is 25.8 Å². The second-order valence-electron chi connectivity index (χ2n) is 7.23. The molecule has 0 unspecified atom stereocenters. The number of aliphatic imine (C=N–C) groups is 1. The molecule has 2 rings (SSSR count). The Labute approximate surface area is 185 Å². The van der Waals surface area contributed by atoms with E-state index in [-0.39, 0.29) is 6.61 Å². The zero-order chi connectivity index (χ0) is 22.5. The van der Waals surface area contributed by atoms with Crippen molar-refractivity contribution in [2.75, 3.05) is 26.3 Å². The Morgan fingerprint density at radius 2 is 1.84 bits per heavy atom. The first-order valence-corrected chi connectivity index (χ1v) is 10.8. The zero-order valence-electron chi connectivity index (χ0n) is 18.7. The van der Waals surface area contributed by atoms with Crippen molar-refractivity contribution in [1.82, 2.24) is 10.6 Å². The van der Waals surface area contributed by atoms with Crippen LogP contribution in [-0.2, 0) is 17.8 Å². The minimum atomic E-state index is -0.488. The van der Waals surface area contributed by atoms with E-state index < -0.39 is 5.91 Å². The Balaban J connectivity index is 1.91. The van der Waals surface area contributed by atoms with Crippen LogP contribution in [0.2, 0.25) is 0 Å². The lowest BCUT2D eigenvalue weighted by atomic mass is 10.1. The summed E-state index contributed by atoms with van der Waals surface area (Å²) in [7, 11) is 0. The molecule has 0 radical (unpaired) electrons. The van der Waals surface area contributed by atoms with Crippen LogP contribution in [0.4, 0.5) is 0 Å². The SMILES string of the molecule is CCCOc1cc(C)ccc1CN=C(NCC)NCCc1ccc(OCC(N)=O)cc1. The first-order valence-electron chi connectivity index (χ1n) is 10.8. The molecule has 0 aliphatic rings. The molecular formula is C24H34N4O3. The average Bonchev–Trinajstić information content (AvgIpc) is 2.76. The molecule has 7 nitrogen and oxygen atoms in total. The van der Waals surface area contributed by atoms with Crippen LogP contribution in [0.25, 0.3) is 0 Å². The van der Waals surface area contributed by atoms with E-state index in [1.165, 1.54) is 5.56 Å². The molecule has 2 aromatic rings. The number of hydrogen-bond donors (Lipinski definition) is 3. The highest BCUT2D eigenvalue weighted by molar-refractivity contribution is 5.79. The predicted molar refractivity (Wildman–Crippen MR) is 125 cm³/mol. The van der Waals surface area contributed by atoms with Gasteiger partial charge in [0.25, 0.3) is 5.91 Å². The molecule has 0 spiro atoms. The van der Waals surface area contributed by atoms with Crippen LogP contribution in [0.15, 0.2) is 47.5 Å². The van der Waals surface area contributed by atoms with Gasteiger partial charge in [0.2, 0.25) is 0 Å². The fourth-order valence-corrected chi connectivity index (χ4v) is 2.88. The molecule has 4 N–H and O–H groups in total. The summed E-state index contributed by atoms with van der Waals surface area (Å²) in [4.78, 5) is 15.5. The van der Waals surface area contributed by atoms with Crippen LogP contribution in [0, 0.1) is 6.92 Å². The number of aryl methyl sites for hydroxylation is 1. The average molecular weight is 427 g/mol. The molecule has 0 atom stereocenters. The van der Waals surface area contributed by atoms with Crippen LogP contribution in [0.5, 0.6) is 11.5 Å². The maximum atomic E-state index is 10.8. The van der Waals surface area contributed by atoms with Crippen molar-refractivity contribution < 1.29 is 14.3 Å². The maximum absolute atomic E-state index is 10.8. The van der Waals surface area contributed by atoms with Crippen LogP contribution in [0.1, 0.15) is 37.0 Å².